The SMILES string of the molecule is COc1ccc(CNCC(=O)c2cccc([N+](=O)[O-])c2)cc1. The number of hydrogen-bond acceptors (Lipinski definition) is 5. The molecule has 0 atom stereocenters. The lowest BCUT2D eigenvalue weighted by molar-refractivity contribution is -0.384. The minimum Gasteiger partial charge on any atom is -0.497 e. The Morgan fingerprint density at radius 3 is 2.59 bits per heavy atom. The molecular formula is C16H16N2O4. The summed E-state index contributed by atoms with van der Waals surface area (Å²) >= 11 is 0. The first-order valence-electron chi connectivity index (χ1n) is 6.71. The highest BCUT2D eigenvalue weighted by Crippen LogP contribution is 2.14. The van der Waals surface area contributed by atoms with Crippen LogP contribution in [0.25, 0.3) is 0 Å². The fraction of sp³-hybridized carbons (Fsp3) is 0.188. The number of nitro groups is 1. The topological polar surface area (TPSA) is 81.5 Å². The Bertz CT molecular complexity index is 668. The molecule has 0 saturated carbocycles. The third-order valence-corrected chi connectivity index (χ3v) is 3.15. The number of non-ortho nitro benzene ring substituents is 1. The van der Waals surface area contributed by atoms with Crippen LogP contribution < -0.4 is 10.1 Å². The first-order valence-corrected chi connectivity index (χ1v) is 6.71. The number of nitrogens with one attached hydrogen (secondary N) is 1. The van der Waals surface area contributed by atoms with Crippen LogP contribution in [0.1, 0.15) is 15.9 Å². The standard InChI is InChI=1S/C16H16N2O4/c1-22-15-7-5-12(6-8-15)10-17-11-16(19)13-3-2-4-14(9-13)18(20)21/h2-9,17H,10-11H2,1H3. The summed E-state index contributed by atoms with van der Waals surface area (Å²) in [5, 5.41) is 13.7. The maximum Gasteiger partial charge on any atom is 0.270 e. The summed E-state index contributed by atoms with van der Waals surface area (Å²) < 4.78 is 5.07. The fourth-order valence-electron chi connectivity index (χ4n) is 1.96. The summed E-state index contributed by atoms with van der Waals surface area (Å²) in [6.45, 7) is 0.651. The van der Waals surface area contributed by atoms with Gasteiger partial charge in [-0.15, -0.1) is 0 Å². The van der Waals surface area contributed by atoms with Gasteiger partial charge in [0.25, 0.3) is 5.69 Å². The van der Waals surface area contributed by atoms with Crippen molar-refractivity contribution < 1.29 is 14.5 Å². The van der Waals surface area contributed by atoms with Gasteiger partial charge in [0.15, 0.2) is 5.78 Å². The van der Waals surface area contributed by atoms with E-state index in [2.05, 4.69) is 5.32 Å². The number of hydrogen-bond donors (Lipinski definition) is 1. The van der Waals surface area contributed by atoms with Crippen LogP contribution in [0.3, 0.4) is 0 Å². The van der Waals surface area contributed by atoms with Gasteiger partial charge in [0.2, 0.25) is 0 Å². The Hall–Kier alpha value is -2.73. The van der Waals surface area contributed by atoms with E-state index in [0.29, 0.717) is 12.1 Å². The Morgan fingerprint density at radius 1 is 1.23 bits per heavy atom. The molecule has 1 N–H and O–H groups in total. The fourth-order valence-corrected chi connectivity index (χ4v) is 1.96. The zero-order chi connectivity index (χ0) is 15.9. The molecule has 6 nitrogen and oxygen atoms in total. The molecule has 2 aromatic rings. The molecule has 2 aromatic carbocycles. The molecule has 0 aromatic heterocycles. The number of nitrogens with zero attached hydrogens (tertiary/aromatic N) is 1. The van der Waals surface area contributed by atoms with Crippen LogP contribution in [0.15, 0.2) is 48.5 Å². The van der Waals surface area contributed by atoms with Crippen LogP contribution in [0.4, 0.5) is 5.69 Å². The van der Waals surface area contributed by atoms with E-state index >= 15 is 0 Å². The Morgan fingerprint density at radius 2 is 1.95 bits per heavy atom. The predicted octanol–water partition coefficient (Wildman–Crippen LogP) is 2.58. The molecule has 0 heterocycles. The molecule has 0 aliphatic rings. The highest BCUT2D eigenvalue weighted by Gasteiger charge is 2.11. The van der Waals surface area contributed by atoms with Crippen molar-refractivity contribution >= 4 is 11.5 Å². The monoisotopic (exact) mass is 300 g/mol. The minimum absolute atomic E-state index is 0.0824. The molecule has 0 fully saturated rings. The maximum absolute atomic E-state index is 12.0. The molecule has 0 amide bonds. The molecule has 6 heteroatoms. The van der Waals surface area contributed by atoms with Crippen molar-refractivity contribution in [3.8, 4) is 5.75 Å². The van der Waals surface area contributed by atoms with E-state index in [1.807, 2.05) is 24.3 Å². The van der Waals surface area contributed by atoms with Gasteiger partial charge in [0.05, 0.1) is 18.6 Å². The number of nitro benzene ring substituents is 1. The Balaban J connectivity index is 1.89. The highest BCUT2D eigenvalue weighted by molar-refractivity contribution is 5.98. The molecule has 0 saturated heterocycles. The van der Waals surface area contributed by atoms with Crippen molar-refractivity contribution in [1.82, 2.24) is 5.32 Å². The van der Waals surface area contributed by atoms with Gasteiger partial charge in [0, 0.05) is 24.2 Å². The normalized spacial score (nSPS) is 10.2. The van der Waals surface area contributed by atoms with E-state index in [-0.39, 0.29) is 18.0 Å². The summed E-state index contributed by atoms with van der Waals surface area (Å²) in [4.78, 5) is 22.2. The Labute approximate surface area is 127 Å². The highest BCUT2D eigenvalue weighted by atomic mass is 16.6. The van der Waals surface area contributed by atoms with E-state index in [1.54, 1.807) is 13.2 Å². The van der Waals surface area contributed by atoms with Crippen LogP contribution >= 0.6 is 0 Å². The molecule has 114 valence electrons. The molecule has 0 aliphatic heterocycles. The molecule has 22 heavy (non-hydrogen) atoms. The lowest BCUT2D eigenvalue weighted by atomic mass is 10.1. The molecule has 0 aliphatic carbocycles. The molecule has 0 spiro atoms. The van der Waals surface area contributed by atoms with Crippen LogP contribution in [0.2, 0.25) is 0 Å². The zero-order valence-corrected chi connectivity index (χ0v) is 12.1. The van der Waals surface area contributed by atoms with Gasteiger partial charge in [-0.05, 0) is 17.7 Å². The summed E-state index contributed by atoms with van der Waals surface area (Å²) in [5.41, 5.74) is 1.27. The molecular weight excluding hydrogens is 284 g/mol. The average molecular weight is 300 g/mol. The summed E-state index contributed by atoms with van der Waals surface area (Å²) in [6.07, 6.45) is 0. The number of ketones is 1. The van der Waals surface area contributed by atoms with Gasteiger partial charge in [-0.1, -0.05) is 24.3 Å². The van der Waals surface area contributed by atoms with E-state index < -0.39 is 4.92 Å². The van der Waals surface area contributed by atoms with Crippen molar-refractivity contribution in [1.29, 1.82) is 0 Å². The number of ether oxygens (including phenoxy) is 1. The number of benzene rings is 2. The molecule has 0 unspecified atom stereocenters. The van der Waals surface area contributed by atoms with Crippen LogP contribution in [-0.4, -0.2) is 24.4 Å². The van der Waals surface area contributed by atoms with Gasteiger partial charge in [-0.3, -0.25) is 14.9 Å². The average Bonchev–Trinajstić information content (AvgIpc) is 2.55. The van der Waals surface area contributed by atoms with Gasteiger partial charge < -0.3 is 10.1 Å². The number of Topliss-reactive ketones (excluding diaryl/α,β-unsaturated/α-hetero) is 1. The lowest BCUT2D eigenvalue weighted by Crippen LogP contribution is -2.22. The quantitative estimate of drug-likeness (QED) is 0.483. The first-order chi connectivity index (χ1) is 10.6. The maximum atomic E-state index is 12.0. The number of carbonyl (C=O) groups is 1. The van der Waals surface area contributed by atoms with Crippen molar-refractivity contribution in [2.24, 2.45) is 0 Å². The van der Waals surface area contributed by atoms with E-state index in [4.69, 9.17) is 4.74 Å². The molecule has 0 bridgehead atoms. The van der Waals surface area contributed by atoms with Crippen molar-refractivity contribution in [3.63, 3.8) is 0 Å². The molecule has 2 rings (SSSR count). The predicted molar refractivity (Wildman–Crippen MR) is 82.1 cm³/mol. The largest absolute Gasteiger partial charge is 0.497 e. The van der Waals surface area contributed by atoms with E-state index in [0.717, 1.165) is 11.3 Å². The second kappa shape index (κ2) is 7.33. The number of rotatable bonds is 7. The second-order valence-corrected chi connectivity index (χ2v) is 4.68. The van der Waals surface area contributed by atoms with E-state index in [1.165, 1.54) is 18.2 Å². The third-order valence-electron chi connectivity index (χ3n) is 3.15. The summed E-state index contributed by atoms with van der Waals surface area (Å²) in [5.74, 6) is 0.591. The first kappa shape index (κ1) is 15.7. The van der Waals surface area contributed by atoms with Crippen LogP contribution in [-0.2, 0) is 6.54 Å². The van der Waals surface area contributed by atoms with E-state index in [9.17, 15) is 14.9 Å². The van der Waals surface area contributed by atoms with Crippen molar-refractivity contribution in [2.45, 2.75) is 6.54 Å². The van der Waals surface area contributed by atoms with Crippen LogP contribution in [0, 0.1) is 10.1 Å². The van der Waals surface area contributed by atoms with Gasteiger partial charge in [-0.2, -0.15) is 0 Å². The van der Waals surface area contributed by atoms with Gasteiger partial charge in [0.1, 0.15) is 5.75 Å². The van der Waals surface area contributed by atoms with Gasteiger partial charge in [-0.25, -0.2) is 0 Å². The third kappa shape index (κ3) is 4.13. The zero-order valence-electron chi connectivity index (χ0n) is 12.1. The van der Waals surface area contributed by atoms with Gasteiger partial charge >= 0.3 is 0 Å². The smallest absolute Gasteiger partial charge is 0.270 e. The second-order valence-electron chi connectivity index (χ2n) is 4.68. The minimum atomic E-state index is -0.512. The van der Waals surface area contributed by atoms with Crippen molar-refractivity contribution in [2.75, 3.05) is 13.7 Å². The Kier molecular flexibility index (Phi) is 5.21. The molecule has 0 radical (unpaired) electrons. The lowest BCUT2D eigenvalue weighted by Gasteiger charge is -2.06. The van der Waals surface area contributed by atoms with Crippen molar-refractivity contribution in [3.05, 3.63) is 69.8 Å². The summed E-state index contributed by atoms with van der Waals surface area (Å²) in [7, 11) is 1.60. The van der Waals surface area contributed by atoms with Crippen LogP contribution in [0.5, 0.6) is 5.75 Å². The summed E-state index contributed by atoms with van der Waals surface area (Å²) in [6, 6.07) is 13.2. The number of carbonyl (C=O) groups excluding carboxylic acids is 1. The number of methoxy groups -OCH3 is 1.